The zero-order valence-corrected chi connectivity index (χ0v) is 15.3. The molecular formula is C19H24NO5P. The number of aromatic hydroxyl groups is 1. The molecule has 0 saturated heterocycles. The van der Waals surface area contributed by atoms with E-state index in [0.29, 0.717) is 18.4 Å². The first kappa shape index (κ1) is 20.2. The minimum Gasteiger partial charge on any atom is -0.508 e. The van der Waals surface area contributed by atoms with Crippen LogP contribution in [0.4, 0.5) is 0 Å². The minimum atomic E-state index is -3.83. The average molecular weight is 377 g/mol. The maximum atomic E-state index is 12.6. The average Bonchev–Trinajstić information content (AvgIpc) is 2.61. The Labute approximate surface area is 152 Å². The van der Waals surface area contributed by atoms with Crippen LogP contribution < -0.4 is 5.73 Å². The number of carboxylic acids is 1. The molecule has 3 atom stereocenters. The fraction of sp³-hybridized carbons (Fsp3) is 0.316. The molecular weight excluding hydrogens is 353 g/mol. The van der Waals surface area contributed by atoms with E-state index in [1.807, 2.05) is 30.3 Å². The molecule has 140 valence electrons. The van der Waals surface area contributed by atoms with Gasteiger partial charge < -0.3 is 20.8 Å². The Kier molecular flexibility index (Phi) is 6.98. The van der Waals surface area contributed by atoms with Crippen molar-refractivity contribution in [3.63, 3.8) is 0 Å². The van der Waals surface area contributed by atoms with Crippen LogP contribution in [-0.2, 0) is 22.2 Å². The largest absolute Gasteiger partial charge is 0.508 e. The van der Waals surface area contributed by atoms with Crippen LogP contribution in [0.1, 0.15) is 17.5 Å². The van der Waals surface area contributed by atoms with Crippen molar-refractivity contribution in [1.82, 2.24) is 0 Å². The topological polar surface area (TPSA) is 121 Å². The number of rotatable bonds is 9. The monoisotopic (exact) mass is 377 g/mol. The fourth-order valence-corrected chi connectivity index (χ4v) is 4.48. The molecule has 0 bridgehead atoms. The number of nitrogens with two attached hydrogens (primary N) is 1. The second-order valence-electron chi connectivity index (χ2n) is 6.44. The van der Waals surface area contributed by atoms with E-state index in [1.165, 1.54) is 12.1 Å². The SMILES string of the molecule is N[C@H](CCc1ccccc1)P(=O)(O)C[C@@H](Cc1ccc(O)cc1)C(=O)O. The van der Waals surface area contributed by atoms with Crippen molar-refractivity contribution < 1.29 is 24.5 Å². The molecule has 0 radical (unpaired) electrons. The molecule has 0 aliphatic heterocycles. The summed E-state index contributed by atoms with van der Waals surface area (Å²) in [5, 5.41) is 18.7. The van der Waals surface area contributed by atoms with Crippen LogP contribution in [-0.4, -0.2) is 33.0 Å². The van der Waals surface area contributed by atoms with E-state index in [-0.39, 0.29) is 18.3 Å². The smallest absolute Gasteiger partial charge is 0.307 e. The van der Waals surface area contributed by atoms with E-state index in [2.05, 4.69) is 0 Å². The van der Waals surface area contributed by atoms with Crippen molar-refractivity contribution in [3.8, 4) is 5.75 Å². The zero-order chi connectivity index (χ0) is 19.2. The first-order chi connectivity index (χ1) is 12.3. The molecule has 0 aliphatic rings. The number of hydrogen-bond acceptors (Lipinski definition) is 4. The van der Waals surface area contributed by atoms with Crippen molar-refractivity contribution in [2.45, 2.75) is 25.0 Å². The Morgan fingerprint density at radius 1 is 1.04 bits per heavy atom. The Bertz CT molecular complexity index is 763. The summed E-state index contributed by atoms with van der Waals surface area (Å²) in [6.45, 7) is 0. The van der Waals surface area contributed by atoms with Gasteiger partial charge in [-0.05, 0) is 42.5 Å². The Balaban J connectivity index is 1.99. The number of benzene rings is 2. The lowest BCUT2D eigenvalue weighted by atomic mass is 10.0. The lowest BCUT2D eigenvalue weighted by Gasteiger charge is -2.22. The van der Waals surface area contributed by atoms with Crippen LogP contribution in [0.25, 0.3) is 0 Å². The van der Waals surface area contributed by atoms with E-state index in [1.54, 1.807) is 12.1 Å². The molecule has 6 nitrogen and oxygen atoms in total. The summed E-state index contributed by atoms with van der Waals surface area (Å²) in [5.41, 5.74) is 7.61. The number of aryl methyl sites for hydroxylation is 1. The van der Waals surface area contributed by atoms with E-state index in [0.717, 1.165) is 5.56 Å². The van der Waals surface area contributed by atoms with Gasteiger partial charge in [0.25, 0.3) is 0 Å². The Morgan fingerprint density at radius 2 is 1.65 bits per heavy atom. The van der Waals surface area contributed by atoms with Gasteiger partial charge in [-0.2, -0.15) is 0 Å². The molecule has 2 aromatic carbocycles. The maximum absolute atomic E-state index is 12.6. The first-order valence-electron chi connectivity index (χ1n) is 8.39. The molecule has 0 fully saturated rings. The van der Waals surface area contributed by atoms with Gasteiger partial charge in [0.15, 0.2) is 0 Å². The molecule has 5 N–H and O–H groups in total. The first-order valence-corrected chi connectivity index (χ1v) is 10.3. The van der Waals surface area contributed by atoms with Crippen molar-refractivity contribution >= 4 is 13.3 Å². The number of carbonyl (C=O) groups is 1. The van der Waals surface area contributed by atoms with Gasteiger partial charge in [0, 0.05) is 6.16 Å². The summed E-state index contributed by atoms with van der Waals surface area (Å²) in [6, 6.07) is 15.6. The molecule has 2 aromatic rings. The van der Waals surface area contributed by atoms with Gasteiger partial charge in [0.05, 0.1) is 11.7 Å². The molecule has 0 aromatic heterocycles. The highest BCUT2D eigenvalue weighted by molar-refractivity contribution is 7.58. The van der Waals surface area contributed by atoms with Gasteiger partial charge in [-0.1, -0.05) is 42.5 Å². The van der Waals surface area contributed by atoms with Gasteiger partial charge in [-0.25, -0.2) is 0 Å². The van der Waals surface area contributed by atoms with Crippen molar-refractivity contribution in [2.24, 2.45) is 11.7 Å². The van der Waals surface area contributed by atoms with Gasteiger partial charge >= 0.3 is 5.97 Å². The molecule has 0 heterocycles. The summed E-state index contributed by atoms with van der Waals surface area (Å²) < 4.78 is 12.6. The second kappa shape index (κ2) is 8.99. The highest BCUT2D eigenvalue weighted by Crippen LogP contribution is 2.47. The van der Waals surface area contributed by atoms with Crippen LogP contribution in [0.3, 0.4) is 0 Å². The predicted molar refractivity (Wildman–Crippen MR) is 100 cm³/mol. The number of carboxylic acid groups (broad SMARTS) is 1. The summed E-state index contributed by atoms with van der Waals surface area (Å²) >= 11 is 0. The highest BCUT2D eigenvalue weighted by atomic mass is 31.2. The Hall–Kier alpha value is -2.14. The van der Waals surface area contributed by atoms with E-state index >= 15 is 0 Å². The third-order valence-electron chi connectivity index (χ3n) is 4.34. The molecule has 0 amide bonds. The summed E-state index contributed by atoms with van der Waals surface area (Å²) in [4.78, 5) is 21.9. The summed E-state index contributed by atoms with van der Waals surface area (Å²) in [5.74, 6) is -3.04. The molecule has 0 saturated carbocycles. The molecule has 0 aliphatic carbocycles. The highest BCUT2D eigenvalue weighted by Gasteiger charge is 2.34. The van der Waals surface area contributed by atoms with E-state index in [4.69, 9.17) is 5.73 Å². The predicted octanol–water partition coefficient (Wildman–Crippen LogP) is 2.82. The van der Waals surface area contributed by atoms with Crippen LogP contribution in [0.5, 0.6) is 5.75 Å². The van der Waals surface area contributed by atoms with Gasteiger partial charge in [-0.15, -0.1) is 0 Å². The van der Waals surface area contributed by atoms with Crippen molar-refractivity contribution in [2.75, 3.05) is 6.16 Å². The van der Waals surface area contributed by atoms with E-state index < -0.39 is 25.0 Å². The van der Waals surface area contributed by atoms with Gasteiger partial charge in [0.1, 0.15) is 5.75 Å². The van der Waals surface area contributed by atoms with Crippen LogP contribution in [0.15, 0.2) is 54.6 Å². The number of phenols is 1. The third-order valence-corrected chi connectivity index (χ3v) is 6.60. The van der Waals surface area contributed by atoms with Gasteiger partial charge in [0.2, 0.25) is 7.37 Å². The van der Waals surface area contributed by atoms with Crippen LogP contribution >= 0.6 is 7.37 Å². The third kappa shape index (κ3) is 5.99. The summed E-state index contributed by atoms with van der Waals surface area (Å²) in [6.07, 6.45) is 0.594. The number of hydrogen-bond donors (Lipinski definition) is 4. The van der Waals surface area contributed by atoms with Crippen LogP contribution in [0, 0.1) is 5.92 Å². The standard InChI is InChI=1S/C19H24NO5P/c20-18(11-8-14-4-2-1-3-5-14)26(24,25)13-16(19(22)23)12-15-6-9-17(21)10-7-15/h1-7,9-10,16,18,21H,8,11-13,20H2,(H,22,23)(H,24,25)/t16-,18+/m1/s1. The second-order valence-corrected chi connectivity index (χ2v) is 8.98. The van der Waals surface area contributed by atoms with Crippen molar-refractivity contribution in [1.29, 1.82) is 0 Å². The molecule has 1 unspecified atom stereocenters. The molecule has 0 spiro atoms. The lowest BCUT2D eigenvalue weighted by Crippen LogP contribution is -2.28. The normalized spacial score (nSPS) is 15.8. The van der Waals surface area contributed by atoms with Crippen molar-refractivity contribution in [3.05, 3.63) is 65.7 Å². The molecule has 7 heteroatoms. The molecule has 26 heavy (non-hydrogen) atoms. The van der Waals surface area contributed by atoms with E-state index in [9.17, 15) is 24.5 Å². The fourth-order valence-electron chi connectivity index (χ4n) is 2.76. The number of aliphatic carboxylic acids is 1. The quantitative estimate of drug-likeness (QED) is 0.499. The number of phenolic OH excluding ortho intramolecular Hbond substituents is 1. The van der Waals surface area contributed by atoms with Gasteiger partial charge in [-0.3, -0.25) is 9.36 Å². The summed E-state index contributed by atoms with van der Waals surface area (Å²) in [7, 11) is -3.83. The minimum absolute atomic E-state index is 0.0800. The molecule has 2 rings (SSSR count). The lowest BCUT2D eigenvalue weighted by molar-refractivity contribution is -0.141. The Morgan fingerprint density at radius 3 is 2.23 bits per heavy atom. The maximum Gasteiger partial charge on any atom is 0.307 e. The van der Waals surface area contributed by atoms with Crippen LogP contribution in [0.2, 0.25) is 0 Å². The zero-order valence-electron chi connectivity index (χ0n) is 14.4.